The number of aryl methyl sites for hydroxylation is 1. The molecule has 2 heterocycles. The summed E-state index contributed by atoms with van der Waals surface area (Å²) in [6.45, 7) is 6.13. The molecule has 4 rings (SSSR count). The third kappa shape index (κ3) is 3.41. The Morgan fingerprint density at radius 1 is 1.15 bits per heavy atom. The maximum absolute atomic E-state index is 13.3. The minimum absolute atomic E-state index is 0.222. The molecule has 1 fully saturated rings. The summed E-state index contributed by atoms with van der Waals surface area (Å²) < 4.78 is 1.21. The lowest BCUT2D eigenvalue weighted by atomic mass is 9.98. The molecule has 0 radical (unpaired) electrons. The highest BCUT2D eigenvalue weighted by molar-refractivity contribution is 7.21. The van der Waals surface area contributed by atoms with Gasteiger partial charge < -0.3 is 4.90 Å². The number of benzene rings is 2. The lowest BCUT2D eigenvalue weighted by Crippen LogP contribution is -2.39. The normalized spacial score (nSPS) is 17.6. The van der Waals surface area contributed by atoms with Gasteiger partial charge in [0.05, 0.1) is 4.88 Å². The predicted molar refractivity (Wildman–Crippen MR) is 110 cm³/mol. The van der Waals surface area contributed by atoms with Crippen LogP contribution in [0.2, 0.25) is 0 Å². The van der Waals surface area contributed by atoms with Crippen molar-refractivity contribution in [3.05, 3.63) is 70.1 Å². The fraction of sp³-hybridized carbons (Fsp3) is 0.348. The Morgan fingerprint density at radius 3 is 2.69 bits per heavy atom. The zero-order valence-electron chi connectivity index (χ0n) is 15.5. The van der Waals surface area contributed by atoms with E-state index in [1.54, 1.807) is 11.3 Å². The first-order chi connectivity index (χ1) is 12.6. The lowest BCUT2D eigenvalue weighted by molar-refractivity contribution is 0.0687. The monoisotopic (exact) mass is 363 g/mol. The van der Waals surface area contributed by atoms with Gasteiger partial charge in [0.2, 0.25) is 0 Å². The van der Waals surface area contributed by atoms with Crippen LogP contribution >= 0.6 is 11.3 Å². The van der Waals surface area contributed by atoms with Crippen LogP contribution in [0.1, 0.15) is 46.1 Å². The second-order valence-electron chi connectivity index (χ2n) is 7.57. The van der Waals surface area contributed by atoms with Crippen LogP contribution in [0, 0.1) is 12.8 Å². The second-order valence-corrected chi connectivity index (χ2v) is 8.62. The van der Waals surface area contributed by atoms with E-state index in [0.717, 1.165) is 30.8 Å². The van der Waals surface area contributed by atoms with Crippen LogP contribution in [0.5, 0.6) is 0 Å². The van der Waals surface area contributed by atoms with E-state index < -0.39 is 0 Å². The highest BCUT2D eigenvalue weighted by atomic mass is 32.1. The average molecular weight is 364 g/mol. The van der Waals surface area contributed by atoms with Crippen LogP contribution in [0.4, 0.5) is 0 Å². The van der Waals surface area contributed by atoms with Crippen LogP contribution in [-0.2, 0) is 6.42 Å². The zero-order chi connectivity index (χ0) is 18.1. The molecule has 134 valence electrons. The van der Waals surface area contributed by atoms with Gasteiger partial charge in [-0.15, -0.1) is 11.3 Å². The molecule has 0 N–H and O–H groups in total. The number of fused-ring (bicyclic) bond motifs is 1. The van der Waals surface area contributed by atoms with Crippen LogP contribution in [0.25, 0.3) is 10.1 Å². The lowest BCUT2D eigenvalue weighted by Gasteiger charge is -2.30. The highest BCUT2D eigenvalue weighted by Crippen LogP contribution is 2.34. The van der Waals surface area contributed by atoms with Crippen LogP contribution in [-0.4, -0.2) is 23.9 Å². The summed E-state index contributed by atoms with van der Waals surface area (Å²) >= 11 is 1.66. The van der Waals surface area contributed by atoms with E-state index in [2.05, 4.69) is 67.3 Å². The molecule has 0 bridgehead atoms. The van der Waals surface area contributed by atoms with Gasteiger partial charge in [-0.25, -0.2) is 0 Å². The summed E-state index contributed by atoms with van der Waals surface area (Å²) in [7, 11) is 0. The smallest absolute Gasteiger partial charge is 0.264 e. The number of carbonyl (C=O) groups is 1. The fourth-order valence-electron chi connectivity index (χ4n) is 3.87. The number of likely N-dealkylation sites (tertiary alicyclic amines) is 1. The molecule has 3 aromatic rings. The van der Waals surface area contributed by atoms with Gasteiger partial charge in [-0.2, -0.15) is 0 Å². The van der Waals surface area contributed by atoms with Crippen molar-refractivity contribution in [3.63, 3.8) is 0 Å². The third-order valence-electron chi connectivity index (χ3n) is 5.34. The summed E-state index contributed by atoms with van der Waals surface area (Å²) in [6.07, 6.45) is 3.16. The Balaban J connectivity index is 1.73. The second kappa shape index (κ2) is 7.24. The van der Waals surface area contributed by atoms with Crippen molar-refractivity contribution in [2.45, 2.75) is 33.1 Å². The van der Waals surface area contributed by atoms with E-state index in [9.17, 15) is 4.79 Å². The summed E-state index contributed by atoms with van der Waals surface area (Å²) in [5.74, 6) is 0.822. The van der Waals surface area contributed by atoms with Gasteiger partial charge >= 0.3 is 0 Å². The molecule has 0 saturated carbocycles. The van der Waals surface area contributed by atoms with E-state index in [1.807, 2.05) is 0 Å². The van der Waals surface area contributed by atoms with E-state index in [-0.39, 0.29) is 5.91 Å². The number of amides is 1. The van der Waals surface area contributed by atoms with Gasteiger partial charge in [0.1, 0.15) is 0 Å². The number of hydrogen-bond donors (Lipinski definition) is 0. The molecule has 1 aliphatic heterocycles. The van der Waals surface area contributed by atoms with E-state index in [0.29, 0.717) is 5.92 Å². The van der Waals surface area contributed by atoms with Gasteiger partial charge in [-0.1, -0.05) is 55.0 Å². The Morgan fingerprint density at radius 2 is 1.92 bits per heavy atom. The van der Waals surface area contributed by atoms with E-state index >= 15 is 0 Å². The number of thiophene rings is 1. The Kier molecular flexibility index (Phi) is 4.82. The summed E-state index contributed by atoms with van der Waals surface area (Å²) in [5, 5.41) is 1.23. The van der Waals surface area contributed by atoms with Crippen LogP contribution < -0.4 is 0 Å². The number of carbonyl (C=O) groups excluding carboxylic acids is 1. The number of piperidine rings is 1. The molecule has 1 aromatic heterocycles. The Bertz CT molecular complexity index is 925. The first-order valence-corrected chi connectivity index (χ1v) is 10.3. The van der Waals surface area contributed by atoms with Crippen molar-refractivity contribution in [1.29, 1.82) is 0 Å². The van der Waals surface area contributed by atoms with Crippen LogP contribution in [0.15, 0.2) is 48.5 Å². The molecule has 2 nitrogen and oxygen atoms in total. The SMILES string of the molecule is Cc1ccc(Cc2c(C(=O)N3CCCC(C)C3)sc3ccccc23)cc1. The molecule has 1 atom stereocenters. The Labute approximate surface area is 159 Å². The van der Waals surface area contributed by atoms with E-state index in [4.69, 9.17) is 0 Å². The van der Waals surface area contributed by atoms with Gasteiger partial charge in [-0.3, -0.25) is 4.79 Å². The largest absolute Gasteiger partial charge is 0.338 e. The molecule has 3 heteroatoms. The number of hydrogen-bond acceptors (Lipinski definition) is 2. The van der Waals surface area contributed by atoms with Crippen molar-refractivity contribution in [1.82, 2.24) is 4.90 Å². The average Bonchev–Trinajstić information content (AvgIpc) is 3.01. The molecule has 1 saturated heterocycles. The minimum Gasteiger partial charge on any atom is -0.338 e. The summed E-state index contributed by atoms with van der Waals surface area (Å²) in [6, 6.07) is 17.1. The van der Waals surface area contributed by atoms with Crippen molar-refractivity contribution in [2.75, 3.05) is 13.1 Å². The molecule has 0 spiro atoms. The van der Waals surface area contributed by atoms with Crippen LogP contribution in [0.3, 0.4) is 0 Å². The molecule has 26 heavy (non-hydrogen) atoms. The van der Waals surface area contributed by atoms with Gasteiger partial charge in [0.15, 0.2) is 0 Å². The highest BCUT2D eigenvalue weighted by Gasteiger charge is 2.26. The maximum Gasteiger partial charge on any atom is 0.264 e. The molecule has 1 amide bonds. The molecule has 0 aliphatic carbocycles. The topological polar surface area (TPSA) is 20.3 Å². The number of rotatable bonds is 3. The molecule has 2 aromatic carbocycles. The first-order valence-electron chi connectivity index (χ1n) is 9.47. The molecule has 1 aliphatic rings. The van der Waals surface area contributed by atoms with Crippen molar-refractivity contribution in [3.8, 4) is 0 Å². The standard InChI is InChI=1S/C23H25NOS/c1-16-9-11-18(12-10-16)14-20-19-7-3-4-8-21(19)26-22(20)23(25)24-13-5-6-17(2)15-24/h3-4,7-12,17H,5-6,13-15H2,1-2H3. The van der Waals surface area contributed by atoms with Gasteiger partial charge in [0, 0.05) is 17.8 Å². The third-order valence-corrected chi connectivity index (χ3v) is 6.54. The Hall–Kier alpha value is -2.13. The van der Waals surface area contributed by atoms with Crippen molar-refractivity contribution in [2.24, 2.45) is 5.92 Å². The molecule has 1 unspecified atom stereocenters. The van der Waals surface area contributed by atoms with Gasteiger partial charge in [0.25, 0.3) is 5.91 Å². The zero-order valence-corrected chi connectivity index (χ0v) is 16.3. The first kappa shape index (κ1) is 17.3. The molecular weight excluding hydrogens is 338 g/mol. The summed E-state index contributed by atoms with van der Waals surface area (Å²) in [5.41, 5.74) is 3.72. The fourth-order valence-corrected chi connectivity index (χ4v) is 5.06. The van der Waals surface area contributed by atoms with Crippen molar-refractivity contribution >= 4 is 27.3 Å². The minimum atomic E-state index is 0.222. The maximum atomic E-state index is 13.3. The predicted octanol–water partition coefficient (Wildman–Crippen LogP) is 5.67. The molecular formula is C23H25NOS. The number of nitrogens with zero attached hydrogens (tertiary/aromatic N) is 1. The quantitative estimate of drug-likeness (QED) is 0.587. The van der Waals surface area contributed by atoms with E-state index in [1.165, 1.54) is 33.2 Å². The van der Waals surface area contributed by atoms with Gasteiger partial charge in [-0.05, 0) is 54.7 Å². The summed E-state index contributed by atoms with van der Waals surface area (Å²) in [4.78, 5) is 16.3. The van der Waals surface area contributed by atoms with Crippen molar-refractivity contribution < 1.29 is 4.79 Å².